The molecule has 5 heteroatoms. The van der Waals surface area contributed by atoms with Crippen molar-refractivity contribution in [3.63, 3.8) is 0 Å². The Morgan fingerprint density at radius 2 is 1.04 bits per heavy atom. The van der Waals surface area contributed by atoms with Crippen LogP contribution in [0.4, 0.5) is 11.4 Å². The minimum atomic E-state index is -0.485. The molecule has 0 bridgehead atoms. The normalized spacial score (nSPS) is 10.3. The first-order valence-corrected chi connectivity index (χ1v) is 8.52. The van der Waals surface area contributed by atoms with E-state index in [-0.39, 0.29) is 16.9 Å². The van der Waals surface area contributed by atoms with Crippen molar-refractivity contribution in [3.05, 3.63) is 89.0 Å². The Morgan fingerprint density at radius 1 is 0.667 bits per heavy atom. The largest absolute Gasteiger partial charge is 0.506 e. The Morgan fingerprint density at radius 3 is 1.41 bits per heavy atom. The van der Waals surface area contributed by atoms with Crippen molar-refractivity contribution in [3.8, 4) is 5.75 Å². The molecule has 5 nitrogen and oxygen atoms in total. The predicted molar refractivity (Wildman–Crippen MR) is 106 cm³/mol. The van der Waals surface area contributed by atoms with Gasteiger partial charge in [0.2, 0.25) is 0 Å². The zero-order chi connectivity index (χ0) is 19.4. The van der Waals surface area contributed by atoms with Crippen LogP contribution in [0.25, 0.3) is 0 Å². The lowest BCUT2D eigenvalue weighted by molar-refractivity contribution is 0.102. The van der Waals surface area contributed by atoms with Crippen LogP contribution in [0.3, 0.4) is 0 Å². The predicted octanol–water partition coefficient (Wildman–Crippen LogP) is 4.51. The van der Waals surface area contributed by atoms with Gasteiger partial charge in [-0.05, 0) is 50.2 Å². The summed E-state index contributed by atoms with van der Waals surface area (Å²) < 4.78 is 0. The number of phenolic OH excluding ortho intramolecular Hbond substituents is 1. The number of aryl methyl sites for hydroxylation is 2. The molecule has 0 atom stereocenters. The van der Waals surface area contributed by atoms with Crippen molar-refractivity contribution in [2.75, 3.05) is 10.6 Å². The van der Waals surface area contributed by atoms with Gasteiger partial charge in [-0.1, -0.05) is 41.5 Å². The number of nitrogens with one attached hydrogen (secondary N) is 2. The van der Waals surface area contributed by atoms with Gasteiger partial charge in [0.25, 0.3) is 11.8 Å². The van der Waals surface area contributed by atoms with E-state index in [4.69, 9.17) is 0 Å². The van der Waals surface area contributed by atoms with Gasteiger partial charge in [-0.25, -0.2) is 0 Å². The molecule has 0 saturated carbocycles. The molecule has 3 N–H and O–H groups in total. The lowest BCUT2D eigenvalue weighted by atomic mass is 10.1. The summed E-state index contributed by atoms with van der Waals surface area (Å²) >= 11 is 0. The second-order valence-electron chi connectivity index (χ2n) is 6.34. The van der Waals surface area contributed by atoms with Gasteiger partial charge >= 0.3 is 0 Å². The molecule has 3 aromatic carbocycles. The molecule has 2 amide bonds. The third-order valence-electron chi connectivity index (χ3n) is 4.14. The van der Waals surface area contributed by atoms with Gasteiger partial charge in [0, 0.05) is 11.4 Å². The van der Waals surface area contributed by atoms with Crippen LogP contribution in [0.15, 0.2) is 66.7 Å². The molecule has 0 aliphatic heterocycles. The maximum atomic E-state index is 12.5. The van der Waals surface area contributed by atoms with Crippen LogP contribution in [0.5, 0.6) is 5.75 Å². The van der Waals surface area contributed by atoms with Crippen LogP contribution in [-0.2, 0) is 0 Å². The van der Waals surface area contributed by atoms with E-state index in [1.165, 1.54) is 12.1 Å². The number of aromatic hydroxyl groups is 1. The summed E-state index contributed by atoms with van der Waals surface area (Å²) in [7, 11) is 0. The van der Waals surface area contributed by atoms with Crippen molar-refractivity contribution >= 4 is 23.2 Å². The van der Waals surface area contributed by atoms with Crippen LogP contribution in [0.1, 0.15) is 31.8 Å². The summed E-state index contributed by atoms with van der Waals surface area (Å²) in [5, 5.41) is 15.9. The second kappa shape index (κ2) is 7.74. The minimum Gasteiger partial charge on any atom is -0.506 e. The average molecular weight is 360 g/mol. The summed E-state index contributed by atoms with van der Waals surface area (Å²) in [6, 6.07) is 19.1. The summed E-state index contributed by atoms with van der Waals surface area (Å²) in [5.74, 6) is -1.32. The standard InChI is InChI=1S/C22H20N2O3/c1-14-6-10-16(11-7-14)23-21(26)18-4-3-5-19(20(18)25)22(27)24-17-12-8-15(2)9-13-17/h3-13,25H,1-2H3,(H,23,26)(H,24,27). The molecule has 0 aromatic heterocycles. The van der Waals surface area contributed by atoms with E-state index < -0.39 is 11.8 Å². The molecule has 0 heterocycles. The number of rotatable bonds is 4. The maximum absolute atomic E-state index is 12.5. The molecule has 0 radical (unpaired) electrons. The zero-order valence-corrected chi connectivity index (χ0v) is 15.1. The number of anilines is 2. The van der Waals surface area contributed by atoms with Crippen molar-refractivity contribution in [1.82, 2.24) is 0 Å². The number of amides is 2. The molecule has 0 aliphatic carbocycles. The highest BCUT2D eigenvalue weighted by Gasteiger charge is 2.19. The van der Waals surface area contributed by atoms with Crippen LogP contribution < -0.4 is 10.6 Å². The molecule has 3 aromatic rings. The van der Waals surface area contributed by atoms with Gasteiger partial charge in [-0.2, -0.15) is 0 Å². The SMILES string of the molecule is Cc1ccc(NC(=O)c2cccc(C(=O)Nc3ccc(C)cc3)c2O)cc1. The highest BCUT2D eigenvalue weighted by atomic mass is 16.3. The third kappa shape index (κ3) is 4.33. The van der Waals surface area contributed by atoms with Gasteiger partial charge in [-0.15, -0.1) is 0 Å². The molecular formula is C22H20N2O3. The number of hydrogen-bond acceptors (Lipinski definition) is 3. The van der Waals surface area contributed by atoms with E-state index in [9.17, 15) is 14.7 Å². The number of para-hydroxylation sites is 1. The fourth-order valence-electron chi connectivity index (χ4n) is 2.58. The number of hydrogen-bond donors (Lipinski definition) is 3. The Hall–Kier alpha value is -3.60. The first-order valence-electron chi connectivity index (χ1n) is 8.52. The molecule has 0 unspecified atom stereocenters. The fourth-order valence-corrected chi connectivity index (χ4v) is 2.58. The molecule has 3 rings (SSSR count). The minimum absolute atomic E-state index is 0.0344. The Labute approximate surface area is 157 Å². The third-order valence-corrected chi connectivity index (χ3v) is 4.14. The molecule has 27 heavy (non-hydrogen) atoms. The van der Waals surface area contributed by atoms with Crippen LogP contribution in [0.2, 0.25) is 0 Å². The summed E-state index contributed by atoms with van der Waals surface area (Å²) in [6.07, 6.45) is 0. The highest BCUT2D eigenvalue weighted by molar-refractivity contribution is 6.11. The first-order chi connectivity index (χ1) is 12.9. The van der Waals surface area contributed by atoms with Gasteiger partial charge < -0.3 is 15.7 Å². The number of carbonyl (C=O) groups is 2. The number of phenols is 1. The Bertz CT molecular complexity index is 900. The van der Waals surface area contributed by atoms with E-state index in [1.54, 1.807) is 30.3 Å². The van der Waals surface area contributed by atoms with Gasteiger partial charge in [-0.3, -0.25) is 9.59 Å². The smallest absolute Gasteiger partial charge is 0.259 e. The van der Waals surface area contributed by atoms with E-state index >= 15 is 0 Å². The van der Waals surface area contributed by atoms with Crippen LogP contribution in [-0.4, -0.2) is 16.9 Å². The number of benzene rings is 3. The second-order valence-corrected chi connectivity index (χ2v) is 6.34. The van der Waals surface area contributed by atoms with E-state index in [0.717, 1.165) is 11.1 Å². The molecule has 0 aliphatic rings. The fraction of sp³-hybridized carbons (Fsp3) is 0.0909. The quantitative estimate of drug-likeness (QED) is 0.640. The van der Waals surface area contributed by atoms with Crippen molar-refractivity contribution in [2.24, 2.45) is 0 Å². The first kappa shape index (κ1) is 18.2. The zero-order valence-electron chi connectivity index (χ0n) is 15.1. The topological polar surface area (TPSA) is 78.4 Å². The molecule has 0 fully saturated rings. The summed E-state index contributed by atoms with van der Waals surface area (Å²) in [6.45, 7) is 3.90. The molecular weight excluding hydrogens is 340 g/mol. The van der Waals surface area contributed by atoms with Crippen LogP contribution >= 0.6 is 0 Å². The van der Waals surface area contributed by atoms with E-state index in [0.29, 0.717) is 11.4 Å². The van der Waals surface area contributed by atoms with Crippen LogP contribution in [0, 0.1) is 13.8 Å². The van der Waals surface area contributed by atoms with Crippen molar-refractivity contribution in [2.45, 2.75) is 13.8 Å². The monoisotopic (exact) mass is 360 g/mol. The van der Waals surface area contributed by atoms with E-state index in [2.05, 4.69) is 10.6 Å². The summed E-state index contributed by atoms with van der Waals surface area (Å²) in [4.78, 5) is 25.0. The van der Waals surface area contributed by atoms with Crippen molar-refractivity contribution < 1.29 is 14.7 Å². The lowest BCUT2D eigenvalue weighted by Crippen LogP contribution is -2.16. The lowest BCUT2D eigenvalue weighted by Gasteiger charge is -2.11. The van der Waals surface area contributed by atoms with E-state index in [1.807, 2.05) is 38.1 Å². The molecule has 136 valence electrons. The molecule has 0 spiro atoms. The summed E-state index contributed by atoms with van der Waals surface area (Å²) in [5.41, 5.74) is 3.44. The Balaban J connectivity index is 1.80. The molecule has 0 saturated heterocycles. The maximum Gasteiger partial charge on any atom is 0.259 e. The van der Waals surface area contributed by atoms with Gasteiger partial charge in [0.05, 0.1) is 11.1 Å². The highest BCUT2D eigenvalue weighted by Crippen LogP contribution is 2.25. The van der Waals surface area contributed by atoms with Gasteiger partial charge in [0.15, 0.2) is 0 Å². The van der Waals surface area contributed by atoms with Gasteiger partial charge in [0.1, 0.15) is 5.75 Å². The Kier molecular flexibility index (Phi) is 5.22. The number of carbonyl (C=O) groups excluding carboxylic acids is 2. The van der Waals surface area contributed by atoms with Crippen molar-refractivity contribution in [1.29, 1.82) is 0 Å². The average Bonchev–Trinajstić information content (AvgIpc) is 2.65.